The first kappa shape index (κ1) is 44.7. The second-order valence-electron chi connectivity index (χ2n) is 14.5. The Kier molecular flexibility index (Phi) is 18.3. The molecule has 1 saturated heterocycles. The van der Waals surface area contributed by atoms with Crippen LogP contribution >= 0.6 is 0 Å². The molecule has 0 aromatic heterocycles. The Morgan fingerprint density at radius 1 is 0.904 bits per heavy atom. The molecule has 1 heterocycles. The molecule has 2 aliphatic rings. The van der Waals surface area contributed by atoms with Crippen LogP contribution in [-0.2, 0) is 33.5 Å². The fourth-order valence-electron chi connectivity index (χ4n) is 6.79. The minimum atomic E-state index is -4.86. The molecule has 17 heteroatoms. The van der Waals surface area contributed by atoms with Crippen LogP contribution in [0.1, 0.15) is 105 Å². The van der Waals surface area contributed by atoms with Crippen molar-refractivity contribution < 1.29 is 51.8 Å². The summed E-state index contributed by atoms with van der Waals surface area (Å²) in [5.41, 5.74) is 5.84. The number of likely N-dealkylation sites (N-methyl/N-ethyl adjacent to an activating group) is 1. The molecular formula is C35H59F3N6O8. The van der Waals surface area contributed by atoms with Gasteiger partial charge in [0.2, 0.25) is 29.5 Å². The average Bonchev–Trinajstić information content (AvgIpc) is 3.08. The number of unbranched alkanes of at least 4 members (excludes halogenated alkanes) is 3. The highest BCUT2D eigenvalue weighted by Gasteiger charge is 2.45. The Labute approximate surface area is 304 Å². The van der Waals surface area contributed by atoms with Crippen LogP contribution in [-0.4, -0.2) is 108 Å². The quantitative estimate of drug-likeness (QED) is 0.134. The van der Waals surface area contributed by atoms with E-state index in [4.69, 9.17) is 10.5 Å². The number of aliphatic hydroxyl groups excluding tert-OH is 1. The van der Waals surface area contributed by atoms with Gasteiger partial charge in [0.25, 0.3) is 0 Å². The molecule has 0 unspecified atom stereocenters. The highest BCUT2D eigenvalue weighted by atomic mass is 19.4. The summed E-state index contributed by atoms with van der Waals surface area (Å²) in [6.07, 6.45) is -3.60. The molecule has 0 spiro atoms. The topological polar surface area (TPSA) is 209 Å². The predicted molar refractivity (Wildman–Crippen MR) is 185 cm³/mol. The number of hydrogen-bond acceptors (Lipinski definition) is 9. The lowest BCUT2D eigenvalue weighted by atomic mass is 9.83. The summed E-state index contributed by atoms with van der Waals surface area (Å²) >= 11 is 0. The number of nitrogens with two attached hydrogens (primary N) is 1. The smallest absolute Gasteiger partial charge is 0.390 e. The number of esters is 1. The van der Waals surface area contributed by atoms with Crippen molar-refractivity contribution >= 4 is 35.5 Å². The second kappa shape index (κ2) is 21.3. The van der Waals surface area contributed by atoms with Crippen LogP contribution in [0, 0.1) is 17.8 Å². The molecule has 0 radical (unpaired) electrons. The lowest BCUT2D eigenvalue weighted by Crippen LogP contribution is -2.62. The fourth-order valence-corrected chi connectivity index (χ4v) is 6.79. The number of carbonyl (C=O) groups excluding carboxylic acids is 6. The minimum Gasteiger partial charge on any atom is -0.460 e. The maximum absolute atomic E-state index is 14.2. The highest BCUT2D eigenvalue weighted by molar-refractivity contribution is 5.96. The van der Waals surface area contributed by atoms with Crippen molar-refractivity contribution in [2.24, 2.45) is 23.5 Å². The van der Waals surface area contributed by atoms with Crippen LogP contribution in [0.5, 0.6) is 0 Å². The van der Waals surface area contributed by atoms with E-state index >= 15 is 0 Å². The molecule has 1 aliphatic heterocycles. The number of nitrogens with one attached hydrogen (secondary N) is 4. The summed E-state index contributed by atoms with van der Waals surface area (Å²) in [5.74, 6) is -8.19. The van der Waals surface area contributed by atoms with Gasteiger partial charge in [0.15, 0.2) is 0 Å². The lowest BCUT2D eigenvalue weighted by molar-refractivity contribution is -0.177. The summed E-state index contributed by atoms with van der Waals surface area (Å²) in [7, 11) is 1.22. The van der Waals surface area contributed by atoms with Crippen molar-refractivity contribution in [1.82, 2.24) is 26.2 Å². The molecule has 5 amide bonds. The highest BCUT2D eigenvalue weighted by Crippen LogP contribution is 2.32. The van der Waals surface area contributed by atoms with Crippen LogP contribution in [0.15, 0.2) is 0 Å². The molecular weight excluding hydrogens is 689 g/mol. The van der Waals surface area contributed by atoms with Gasteiger partial charge in [-0.15, -0.1) is 0 Å². The number of alkyl halides is 3. The van der Waals surface area contributed by atoms with Crippen LogP contribution in [0.2, 0.25) is 0 Å². The molecule has 0 aromatic carbocycles. The fraction of sp³-hybridized carbons (Fsp3) is 0.829. The summed E-state index contributed by atoms with van der Waals surface area (Å²) in [4.78, 5) is 82.5. The summed E-state index contributed by atoms with van der Waals surface area (Å²) in [6.45, 7) is 5.41. The zero-order valence-corrected chi connectivity index (χ0v) is 31.1. The number of amides is 5. The third-order valence-electron chi connectivity index (χ3n) is 9.69. The Bertz CT molecular complexity index is 1210. The number of ether oxygens (including phenoxy) is 1. The van der Waals surface area contributed by atoms with E-state index in [-0.39, 0.29) is 24.7 Å². The van der Waals surface area contributed by atoms with E-state index in [0.717, 1.165) is 37.0 Å². The Morgan fingerprint density at radius 3 is 2.12 bits per heavy atom. The van der Waals surface area contributed by atoms with Crippen LogP contribution in [0.4, 0.5) is 13.2 Å². The molecule has 298 valence electrons. The number of rotatable bonds is 11. The van der Waals surface area contributed by atoms with Gasteiger partial charge in [-0.05, 0) is 50.9 Å². The molecule has 0 bridgehead atoms. The summed E-state index contributed by atoms with van der Waals surface area (Å²) in [6, 6.07) is -5.52. The van der Waals surface area contributed by atoms with Gasteiger partial charge < -0.3 is 41.7 Å². The zero-order valence-electron chi connectivity index (χ0n) is 31.1. The first-order valence-corrected chi connectivity index (χ1v) is 18.5. The van der Waals surface area contributed by atoms with Gasteiger partial charge in [-0.1, -0.05) is 59.3 Å². The van der Waals surface area contributed by atoms with Crippen molar-refractivity contribution in [3.8, 4) is 0 Å². The normalized spacial score (nSPS) is 27.8. The van der Waals surface area contributed by atoms with Gasteiger partial charge in [-0.2, -0.15) is 13.2 Å². The van der Waals surface area contributed by atoms with Gasteiger partial charge in [-0.3, -0.25) is 28.8 Å². The van der Waals surface area contributed by atoms with Gasteiger partial charge in [0.05, 0.1) is 18.4 Å². The van der Waals surface area contributed by atoms with Gasteiger partial charge in [0, 0.05) is 13.6 Å². The Hall–Kier alpha value is -3.47. The van der Waals surface area contributed by atoms with Crippen LogP contribution in [0.25, 0.3) is 0 Å². The standard InChI is InChI=1S/C35H59F3N6O8/c1-6-7-8-12-15-26-23(17-35(36,37)38)34(51)44(5)25(16-20(2)3)31(48)43-29(22-13-10-9-11-14-22)33(50)41-24(18-39)30(47)42-28(21(4)45)32(49)40-19-27(46)52-26/h20-26,28-29,45H,6-19,39H2,1-5H3,(H,40,49)(H,41,50)(H,42,47)(H,43,48)/t21-,23+,24-,25-,26+,28-,29-/m0/s1. The number of hydrogen-bond donors (Lipinski definition) is 6. The van der Waals surface area contributed by atoms with Crippen molar-refractivity contribution in [2.75, 3.05) is 20.1 Å². The maximum Gasteiger partial charge on any atom is 0.390 e. The van der Waals surface area contributed by atoms with Gasteiger partial charge in [-0.25, -0.2) is 0 Å². The molecule has 0 aromatic rings. The predicted octanol–water partition coefficient (Wildman–Crippen LogP) is 1.81. The SMILES string of the molecule is CCCCCC[C@H]1OC(=O)CNC(=O)[C@H]([C@H](C)O)NC(=O)[C@H](CN)NC(=O)[C@H](C2CCCCC2)NC(=O)[C@H](CC(C)C)N(C)C(=O)[C@@H]1CC(F)(F)F. The van der Waals surface area contributed by atoms with Crippen molar-refractivity contribution in [2.45, 2.75) is 147 Å². The molecule has 2 rings (SSSR count). The van der Waals surface area contributed by atoms with E-state index in [9.17, 15) is 47.0 Å². The van der Waals surface area contributed by atoms with Crippen LogP contribution in [0.3, 0.4) is 0 Å². The number of nitrogens with zero attached hydrogens (tertiary/aromatic N) is 1. The monoisotopic (exact) mass is 748 g/mol. The average molecular weight is 749 g/mol. The largest absolute Gasteiger partial charge is 0.460 e. The Balaban J connectivity index is 2.70. The van der Waals surface area contributed by atoms with Gasteiger partial charge >= 0.3 is 12.1 Å². The molecule has 7 N–H and O–H groups in total. The van der Waals surface area contributed by atoms with Crippen molar-refractivity contribution in [1.29, 1.82) is 0 Å². The third-order valence-corrected chi connectivity index (χ3v) is 9.69. The van der Waals surface area contributed by atoms with Gasteiger partial charge in [0.1, 0.15) is 36.8 Å². The van der Waals surface area contributed by atoms with E-state index < -0.39 is 103 Å². The molecule has 7 atom stereocenters. The second-order valence-corrected chi connectivity index (χ2v) is 14.5. The molecule has 14 nitrogen and oxygen atoms in total. The Morgan fingerprint density at radius 2 is 1.56 bits per heavy atom. The van der Waals surface area contributed by atoms with Crippen LogP contribution < -0.4 is 27.0 Å². The van der Waals surface area contributed by atoms with E-state index in [1.165, 1.54) is 14.0 Å². The molecule has 2 fully saturated rings. The zero-order chi connectivity index (χ0) is 39.2. The molecule has 1 aliphatic carbocycles. The number of cyclic esters (lactones) is 1. The third kappa shape index (κ3) is 14.2. The van der Waals surface area contributed by atoms with E-state index in [1.54, 1.807) is 13.8 Å². The number of aliphatic hydroxyl groups is 1. The number of halogens is 3. The minimum absolute atomic E-state index is 0.0351. The lowest BCUT2D eigenvalue weighted by Gasteiger charge is -2.36. The first-order chi connectivity index (χ1) is 24.4. The molecule has 1 saturated carbocycles. The summed E-state index contributed by atoms with van der Waals surface area (Å²) in [5, 5.41) is 20.2. The number of carbonyl (C=O) groups is 6. The first-order valence-electron chi connectivity index (χ1n) is 18.5. The molecule has 52 heavy (non-hydrogen) atoms. The summed E-state index contributed by atoms with van der Waals surface area (Å²) < 4.78 is 47.9. The van der Waals surface area contributed by atoms with Crippen molar-refractivity contribution in [3.05, 3.63) is 0 Å². The van der Waals surface area contributed by atoms with Crippen molar-refractivity contribution in [3.63, 3.8) is 0 Å². The van der Waals surface area contributed by atoms with E-state index in [2.05, 4.69) is 21.3 Å². The maximum atomic E-state index is 14.2. The van der Waals surface area contributed by atoms with E-state index in [1.807, 2.05) is 6.92 Å². The van der Waals surface area contributed by atoms with E-state index in [0.29, 0.717) is 25.7 Å².